The third kappa shape index (κ3) is 3.00. The topological polar surface area (TPSA) is 50.9 Å². The molecule has 94 valence electrons. The Balaban J connectivity index is 2.42. The number of hydrogen-bond acceptors (Lipinski definition) is 3. The molecule has 5 heteroatoms. The summed E-state index contributed by atoms with van der Waals surface area (Å²) in [5.41, 5.74) is 5.96. The summed E-state index contributed by atoms with van der Waals surface area (Å²) < 4.78 is 1.02. The highest BCUT2D eigenvalue weighted by atomic mass is 127. The summed E-state index contributed by atoms with van der Waals surface area (Å²) in [7, 11) is 0. The SMILES string of the molecule is Cc1cncc(C(NN)c2ccc(I)c(Cl)c2)c1. The maximum absolute atomic E-state index is 6.14. The van der Waals surface area contributed by atoms with Gasteiger partial charge in [0.15, 0.2) is 0 Å². The number of hydrazine groups is 1. The van der Waals surface area contributed by atoms with Gasteiger partial charge in [0.1, 0.15) is 0 Å². The Morgan fingerprint density at radius 2 is 2.06 bits per heavy atom. The number of pyridine rings is 1. The van der Waals surface area contributed by atoms with E-state index in [0.717, 1.165) is 25.3 Å². The molecule has 3 N–H and O–H groups in total. The second kappa shape index (κ2) is 5.97. The van der Waals surface area contributed by atoms with E-state index >= 15 is 0 Å². The third-order valence-electron chi connectivity index (χ3n) is 2.67. The number of nitrogens with one attached hydrogen (secondary N) is 1. The fourth-order valence-corrected chi connectivity index (χ4v) is 2.34. The van der Waals surface area contributed by atoms with E-state index in [-0.39, 0.29) is 6.04 Å². The maximum atomic E-state index is 6.14. The molecule has 0 radical (unpaired) electrons. The number of aryl methyl sites for hydroxylation is 1. The van der Waals surface area contributed by atoms with Gasteiger partial charge < -0.3 is 0 Å². The standard InChI is InChI=1S/C13H13ClIN3/c1-8-4-10(7-17-6-8)13(18-16)9-2-3-12(15)11(14)5-9/h2-7,13,18H,16H2,1H3. The molecular formula is C13H13ClIN3. The number of rotatable bonds is 3. The summed E-state index contributed by atoms with van der Waals surface area (Å²) in [4.78, 5) is 4.19. The molecular weight excluding hydrogens is 361 g/mol. The van der Waals surface area contributed by atoms with Crippen molar-refractivity contribution < 1.29 is 0 Å². The van der Waals surface area contributed by atoms with Crippen molar-refractivity contribution >= 4 is 34.2 Å². The van der Waals surface area contributed by atoms with Gasteiger partial charge in [-0.05, 0) is 58.3 Å². The highest BCUT2D eigenvalue weighted by Crippen LogP contribution is 2.26. The van der Waals surface area contributed by atoms with Crippen molar-refractivity contribution in [3.8, 4) is 0 Å². The van der Waals surface area contributed by atoms with Crippen LogP contribution < -0.4 is 11.3 Å². The smallest absolute Gasteiger partial charge is 0.0725 e. The van der Waals surface area contributed by atoms with Crippen molar-refractivity contribution in [1.29, 1.82) is 0 Å². The zero-order chi connectivity index (χ0) is 13.1. The Kier molecular flexibility index (Phi) is 4.55. The average Bonchev–Trinajstić information content (AvgIpc) is 2.35. The van der Waals surface area contributed by atoms with Crippen molar-refractivity contribution in [2.45, 2.75) is 13.0 Å². The third-order valence-corrected chi connectivity index (χ3v) is 4.25. The van der Waals surface area contributed by atoms with Gasteiger partial charge in [-0.2, -0.15) is 0 Å². The normalized spacial score (nSPS) is 12.4. The first-order valence-electron chi connectivity index (χ1n) is 5.44. The number of nitrogens with two attached hydrogens (primary N) is 1. The molecule has 1 aromatic carbocycles. The molecule has 0 saturated heterocycles. The van der Waals surface area contributed by atoms with Gasteiger partial charge in [-0.3, -0.25) is 10.8 Å². The Bertz CT molecular complexity index is 560. The van der Waals surface area contributed by atoms with E-state index in [9.17, 15) is 0 Å². The Morgan fingerprint density at radius 3 is 2.67 bits per heavy atom. The van der Waals surface area contributed by atoms with E-state index in [2.05, 4.69) is 39.1 Å². The molecule has 18 heavy (non-hydrogen) atoms. The molecule has 0 fully saturated rings. The van der Waals surface area contributed by atoms with Crippen LogP contribution in [0.4, 0.5) is 0 Å². The first-order valence-corrected chi connectivity index (χ1v) is 6.90. The second-order valence-electron chi connectivity index (χ2n) is 4.07. The molecule has 2 rings (SSSR count). The maximum Gasteiger partial charge on any atom is 0.0725 e. The highest BCUT2D eigenvalue weighted by molar-refractivity contribution is 14.1. The highest BCUT2D eigenvalue weighted by Gasteiger charge is 2.14. The van der Waals surface area contributed by atoms with Crippen LogP contribution in [-0.2, 0) is 0 Å². The van der Waals surface area contributed by atoms with Crippen LogP contribution >= 0.6 is 34.2 Å². The number of benzene rings is 1. The van der Waals surface area contributed by atoms with Crippen LogP contribution in [0.2, 0.25) is 5.02 Å². The van der Waals surface area contributed by atoms with Crippen molar-refractivity contribution in [1.82, 2.24) is 10.4 Å². The van der Waals surface area contributed by atoms with Gasteiger partial charge in [0.2, 0.25) is 0 Å². The zero-order valence-electron chi connectivity index (χ0n) is 9.82. The summed E-state index contributed by atoms with van der Waals surface area (Å²) in [6, 6.07) is 7.87. The molecule has 2 aromatic rings. The molecule has 0 bridgehead atoms. The van der Waals surface area contributed by atoms with E-state index in [1.54, 1.807) is 0 Å². The number of aromatic nitrogens is 1. The predicted molar refractivity (Wildman–Crippen MR) is 82.3 cm³/mol. The molecule has 0 amide bonds. The second-order valence-corrected chi connectivity index (χ2v) is 5.64. The van der Waals surface area contributed by atoms with E-state index < -0.39 is 0 Å². The minimum absolute atomic E-state index is 0.105. The van der Waals surface area contributed by atoms with Gasteiger partial charge >= 0.3 is 0 Å². The monoisotopic (exact) mass is 373 g/mol. The van der Waals surface area contributed by atoms with Crippen molar-refractivity contribution in [3.05, 3.63) is 61.9 Å². The molecule has 1 atom stereocenters. The number of nitrogens with zero attached hydrogens (tertiary/aromatic N) is 1. The van der Waals surface area contributed by atoms with Crippen LogP contribution in [0.5, 0.6) is 0 Å². The molecule has 1 heterocycles. The first kappa shape index (κ1) is 13.7. The zero-order valence-corrected chi connectivity index (χ0v) is 12.7. The van der Waals surface area contributed by atoms with Crippen LogP contribution in [0.3, 0.4) is 0 Å². The minimum Gasteiger partial charge on any atom is -0.271 e. The molecule has 1 aromatic heterocycles. The lowest BCUT2D eigenvalue weighted by atomic mass is 10.00. The molecule has 0 saturated carbocycles. The molecule has 0 aliphatic heterocycles. The van der Waals surface area contributed by atoms with E-state index in [1.807, 2.05) is 37.5 Å². The van der Waals surface area contributed by atoms with Crippen molar-refractivity contribution in [2.24, 2.45) is 5.84 Å². The summed E-state index contributed by atoms with van der Waals surface area (Å²) >= 11 is 8.34. The summed E-state index contributed by atoms with van der Waals surface area (Å²) in [6.45, 7) is 2.00. The Morgan fingerprint density at radius 1 is 1.28 bits per heavy atom. The lowest BCUT2D eigenvalue weighted by Crippen LogP contribution is -2.29. The Hall–Kier alpha value is -0.690. The predicted octanol–water partition coefficient (Wildman–Crippen LogP) is 3.20. The fourth-order valence-electron chi connectivity index (χ4n) is 1.81. The van der Waals surface area contributed by atoms with Crippen LogP contribution in [0.15, 0.2) is 36.7 Å². The van der Waals surface area contributed by atoms with Gasteiger partial charge in [-0.15, -0.1) is 0 Å². The summed E-state index contributed by atoms with van der Waals surface area (Å²) in [5.74, 6) is 5.65. The van der Waals surface area contributed by atoms with Crippen LogP contribution in [0.25, 0.3) is 0 Å². The van der Waals surface area contributed by atoms with Crippen LogP contribution in [0.1, 0.15) is 22.7 Å². The van der Waals surface area contributed by atoms with Gasteiger partial charge in [0.25, 0.3) is 0 Å². The van der Waals surface area contributed by atoms with Crippen molar-refractivity contribution in [2.75, 3.05) is 0 Å². The minimum atomic E-state index is -0.105. The summed E-state index contributed by atoms with van der Waals surface area (Å²) in [6.07, 6.45) is 3.63. The van der Waals surface area contributed by atoms with E-state index in [1.165, 1.54) is 0 Å². The lowest BCUT2D eigenvalue weighted by molar-refractivity contribution is 0.634. The lowest BCUT2D eigenvalue weighted by Gasteiger charge is -2.17. The quantitative estimate of drug-likeness (QED) is 0.493. The molecule has 0 aliphatic carbocycles. The van der Waals surface area contributed by atoms with Crippen molar-refractivity contribution in [3.63, 3.8) is 0 Å². The summed E-state index contributed by atoms with van der Waals surface area (Å²) in [5, 5.41) is 0.731. The van der Waals surface area contributed by atoms with Gasteiger partial charge in [-0.25, -0.2) is 5.43 Å². The molecule has 3 nitrogen and oxygen atoms in total. The van der Waals surface area contributed by atoms with Crippen LogP contribution in [0, 0.1) is 10.5 Å². The van der Waals surface area contributed by atoms with Gasteiger partial charge in [0, 0.05) is 16.0 Å². The van der Waals surface area contributed by atoms with E-state index in [0.29, 0.717) is 0 Å². The number of halogens is 2. The largest absolute Gasteiger partial charge is 0.271 e. The number of hydrogen-bond donors (Lipinski definition) is 2. The first-order chi connectivity index (χ1) is 8.61. The van der Waals surface area contributed by atoms with Crippen LogP contribution in [-0.4, -0.2) is 4.98 Å². The fraction of sp³-hybridized carbons (Fsp3) is 0.154. The van der Waals surface area contributed by atoms with Gasteiger partial charge in [0.05, 0.1) is 11.1 Å². The van der Waals surface area contributed by atoms with Gasteiger partial charge in [-0.1, -0.05) is 23.7 Å². The average molecular weight is 374 g/mol. The Labute approximate surface area is 125 Å². The van der Waals surface area contributed by atoms with E-state index in [4.69, 9.17) is 17.4 Å². The molecule has 0 spiro atoms. The molecule has 0 aliphatic rings. The molecule has 1 unspecified atom stereocenters.